The predicted octanol–water partition coefficient (Wildman–Crippen LogP) is 3.17. The minimum Gasteiger partial charge on any atom is -0.406 e. The second kappa shape index (κ2) is 11.0. The Morgan fingerprint density at radius 3 is 2.18 bits per heavy atom. The highest BCUT2D eigenvalue weighted by Crippen LogP contribution is 2.23. The Bertz CT molecular complexity index is 1020. The summed E-state index contributed by atoms with van der Waals surface area (Å²) in [6, 6.07) is 11.8. The molecule has 1 aliphatic heterocycles. The van der Waals surface area contributed by atoms with E-state index < -0.39 is 22.1 Å². The van der Waals surface area contributed by atoms with Crippen molar-refractivity contribution in [2.75, 3.05) is 19.6 Å². The number of amides is 1. The maximum atomic E-state index is 12.2. The maximum absolute atomic E-state index is 12.2. The van der Waals surface area contributed by atoms with Crippen LogP contribution in [0.4, 0.5) is 13.2 Å². The molecule has 2 aromatic rings. The molecule has 0 bridgehead atoms. The minimum atomic E-state index is -4.86. The number of rotatable bonds is 10. The standard InChI is InChI=1S/C22H26F3N3O4S/c23-22(24,25)32-19-7-9-20(10-8-19)33(30,31)27-12-11-21(29)26-15-17-3-5-18(6-4-17)16-28-13-1-2-14-28/h3-10,27H,1-2,11-16H2,(H,26,29). The molecule has 0 radical (unpaired) electrons. The molecule has 0 unspecified atom stereocenters. The van der Waals surface area contributed by atoms with Crippen molar-refractivity contribution in [1.29, 1.82) is 0 Å². The average molecular weight is 486 g/mol. The van der Waals surface area contributed by atoms with Gasteiger partial charge in [0.05, 0.1) is 4.90 Å². The molecule has 1 amide bonds. The average Bonchev–Trinajstić information content (AvgIpc) is 3.25. The van der Waals surface area contributed by atoms with Crippen LogP contribution in [0.25, 0.3) is 0 Å². The zero-order chi connectivity index (χ0) is 23.9. The van der Waals surface area contributed by atoms with E-state index >= 15 is 0 Å². The van der Waals surface area contributed by atoms with Crippen LogP contribution < -0.4 is 14.8 Å². The number of halogens is 3. The Labute approximate surface area is 191 Å². The van der Waals surface area contributed by atoms with Gasteiger partial charge >= 0.3 is 6.36 Å². The lowest BCUT2D eigenvalue weighted by Gasteiger charge is -2.14. The predicted molar refractivity (Wildman–Crippen MR) is 116 cm³/mol. The van der Waals surface area contributed by atoms with E-state index in [9.17, 15) is 26.4 Å². The molecule has 33 heavy (non-hydrogen) atoms. The lowest BCUT2D eigenvalue weighted by atomic mass is 10.1. The molecule has 180 valence electrons. The number of sulfonamides is 1. The number of nitrogens with zero attached hydrogens (tertiary/aromatic N) is 1. The summed E-state index contributed by atoms with van der Waals surface area (Å²) < 4.78 is 67.0. The minimum absolute atomic E-state index is 0.0818. The maximum Gasteiger partial charge on any atom is 0.573 e. The van der Waals surface area contributed by atoms with E-state index in [0.717, 1.165) is 49.5 Å². The van der Waals surface area contributed by atoms with Crippen molar-refractivity contribution < 1.29 is 31.1 Å². The fraction of sp³-hybridized carbons (Fsp3) is 0.409. The highest BCUT2D eigenvalue weighted by Gasteiger charge is 2.31. The number of hydrogen-bond acceptors (Lipinski definition) is 5. The van der Waals surface area contributed by atoms with Gasteiger partial charge in [0.25, 0.3) is 0 Å². The number of carbonyl (C=O) groups is 1. The van der Waals surface area contributed by atoms with E-state index in [4.69, 9.17) is 0 Å². The topological polar surface area (TPSA) is 87.7 Å². The summed E-state index contributed by atoms with van der Waals surface area (Å²) in [6.45, 7) is 3.35. The van der Waals surface area contributed by atoms with E-state index in [2.05, 4.69) is 19.7 Å². The molecule has 2 aromatic carbocycles. The second-order valence-corrected chi connectivity index (χ2v) is 9.51. The number of benzene rings is 2. The highest BCUT2D eigenvalue weighted by atomic mass is 32.2. The van der Waals surface area contributed by atoms with E-state index in [0.29, 0.717) is 6.54 Å². The van der Waals surface area contributed by atoms with Crippen LogP contribution in [0.5, 0.6) is 5.75 Å². The first-order chi connectivity index (χ1) is 15.6. The van der Waals surface area contributed by atoms with Crippen molar-refractivity contribution in [1.82, 2.24) is 14.9 Å². The Morgan fingerprint density at radius 1 is 0.970 bits per heavy atom. The lowest BCUT2D eigenvalue weighted by Crippen LogP contribution is -2.30. The molecule has 0 aromatic heterocycles. The molecule has 1 aliphatic rings. The molecule has 1 heterocycles. The summed E-state index contributed by atoms with van der Waals surface area (Å²) in [5.41, 5.74) is 2.16. The highest BCUT2D eigenvalue weighted by molar-refractivity contribution is 7.89. The zero-order valence-corrected chi connectivity index (χ0v) is 18.7. The van der Waals surface area contributed by atoms with Gasteiger partial charge in [-0.15, -0.1) is 13.2 Å². The molecule has 0 atom stereocenters. The van der Waals surface area contributed by atoms with Crippen LogP contribution in [0.3, 0.4) is 0 Å². The number of alkyl halides is 3. The van der Waals surface area contributed by atoms with Crippen LogP contribution in [0, 0.1) is 0 Å². The van der Waals surface area contributed by atoms with Crippen molar-refractivity contribution in [3.63, 3.8) is 0 Å². The SMILES string of the molecule is O=C(CCNS(=O)(=O)c1ccc(OC(F)(F)F)cc1)NCc1ccc(CN2CCCC2)cc1. The van der Waals surface area contributed by atoms with Crippen LogP contribution in [0.1, 0.15) is 30.4 Å². The van der Waals surface area contributed by atoms with Crippen molar-refractivity contribution in [3.8, 4) is 5.75 Å². The zero-order valence-electron chi connectivity index (χ0n) is 17.9. The molecule has 2 N–H and O–H groups in total. The summed E-state index contributed by atoms with van der Waals surface area (Å²) in [5, 5.41) is 2.74. The number of ether oxygens (including phenoxy) is 1. The fourth-order valence-corrected chi connectivity index (χ4v) is 4.49. The third kappa shape index (κ3) is 8.34. The van der Waals surface area contributed by atoms with Crippen molar-refractivity contribution in [2.24, 2.45) is 0 Å². The van der Waals surface area contributed by atoms with Crippen molar-refractivity contribution in [2.45, 2.75) is 43.6 Å². The van der Waals surface area contributed by atoms with Crippen LogP contribution in [0.2, 0.25) is 0 Å². The Balaban J connectivity index is 1.39. The first kappa shape index (κ1) is 25.0. The molecule has 3 rings (SSSR count). The number of carbonyl (C=O) groups excluding carboxylic acids is 1. The third-order valence-electron chi connectivity index (χ3n) is 5.13. The van der Waals surface area contributed by atoms with Crippen LogP contribution in [0.15, 0.2) is 53.4 Å². The number of nitrogens with one attached hydrogen (secondary N) is 2. The van der Waals surface area contributed by atoms with Gasteiger partial charge in [-0.3, -0.25) is 9.69 Å². The molecule has 11 heteroatoms. The van der Waals surface area contributed by atoms with Gasteiger partial charge in [-0.1, -0.05) is 24.3 Å². The van der Waals surface area contributed by atoms with Crippen LogP contribution >= 0.6 is 0 Å². The molecule has 1 saturated heterocycles. The van der Waals surface area contributed by atoms with E-state index in [1.165, 1.54) is 18.4 Å². The number of hydrogen-bond donors (Lipinski definition) is 2. The Hall–Kier alpha value is -2.63. The summed E-state index contributed by atoms with van der Waals surface area (Å²) >= 11 is 0. The van der Waals surface area contributed by atoms with Crippen LogP contribution in [-0.2, 0) is 27.9 Å². The summed E-state index contributed by atoms with van der Waals surface area (Å²) in [6.07, 6.45) is -2.46. The smallest absolute Gasteiger partial charge is 0.406 e. The van der Waals surface area contributed by atoms with E-state index in [1.54, 1.807) is 0 Å². The summed E-state index contributed by atoms with van der Waals surface area (Å²) in [4.78, 5) is 14.2. The Kier molecular flexibility index (Phi) is 8.33. The van der Waals surface area contributed by atoms with Gasteiger partial charge in [0.1, 0.15) is 5.75 Å². The largest absolute Gasteiger partial charge is 0.573 e. The third-order valence-corrected chi connectivity index (χ3v) is 6.61. The molecular weight excluding hydrogens is 459 g/mol. The van der Waals surface area contributed by atoms with Crippen molar-refractivity contribution >= 4 is 15.9 Å². The molecule has 0 aliphatic carbocycles. The molecular formula is C22H26F3N3O4S. The first-order valence-electron chi connectivity index (χ1n) is 10.5. The van der Waals surface area contributed by atoms with Gasteiger partial charge in [-0.25, -0.2) is 13.1 Å². The quantitative estimate of drug-likeness (QED) is 0.540. The van der Waals surface area contributed by atoms with E-state index in [-0.39, 0.29) is 23.8 Å². The van der Waals surface area contributed by atoms with Gasteiger partial charge in [-0.05, 0) is 61.3 Å². The molecule has 7 nitrogen and oxygen atoms in total. The van der Waals surface area contributed by atoms with Gasteiger partial charge < -0.3 is 10.1 Å². The van der Waals surface area contributed by atoms with Crippen molar-refractivity contribution in [3.05, 3.63) is 59.7 Å². The van der Waals surface area contributed by atoms with Crippen LogP contribution in [-0.4, -0.2) is 45.2 Å². The van der Waals surface area contributed by atoms with Gasteiger partial charge in [-0.2, -0.15) is 0 Å². The van der Waals surface area contributed by atoms with Gasteiger partial charge in [0, 0.05) is 26.1 Å². The lowest BCUT2D eigenvalue weighted by molar-refractivity contribution is -0.274. The fourth-order valence-electron chi connectivity index (χ4n) is 3.45. The Morgan fingerprint density at radius 2 is 1.58 bits per heavy atom. The van der Waals surface area contributed by atoms with Gasteiger partial charge in [0.2, 0.25) is 15.9 Å². The second-order valence-electron chi connectivity index (χ2n) is 7.74. The normalized spacial score (nSPS) is 14.9. The molecule has 0 saturated carbocycles. The van der Waals surface area contributed by atoms with E-state index in [1.807, 2.05) is 24.3 Å². The summed E-state index contributed by atoms with van der Waals surface area (Å²) in [7, 11) is -3.97. The number of likely N-dealkylation sites (tertiary alicyclic amines) is 1. The summed E-state index contributed by atoms with van der Waals surface area (Å²) in [5.74, 6) is -0.849. The van der Waals surface area contributed by atoms with Gasteiger partial charge in [0.15, 0.2) is 0 Å². The molecule has 0 spiro atoms. The monoisotopic (exact) mass is 485 g/mol. The first-order valence-corrected chi connectivity index (χ1v) is 12.0. The molecule has 1 fully saturated rings.